The molecule has 0 aliphatic rings. The third kappa shape index (κ3) is 6.96. The van der Waals surface area contributed by atoms with E-state index >= 15 is 0 Å². The maximum Gasteiger partial charge on any atom is 0.108 e. The van der Waals surface area contributed by atoms with Crippen molar-refractivity contribution in [2.24, 2.45) is 4.99 Å². The van der Waals surface area contributed by atoms with Crippen LogP contribution in [0.25, 0.3) is 0 Å². The second-order valence-corrected chi connectivity index (χ2v) is 14.8. The van der Waals surface area contributed by atoms with Gasteiger partial charge in [-0.05, 0) is 25.0 Å². The molecular weight excluding hydrogens is 256 g/mol. The van der Waals surface area contributed by atoms with Gasteiger partial charge in [-0.1, -0.05) is 32.6 Å². The summed E-state index contributed by atoms with van der Waals surface area (Å²) in [5.41, 5.74) is 0.948. The molecule has 0 aliphatic heterocycles. The van der Waals surface area contributed by atoms with Gasteiger partial charge in [0, 0.05) is 24.2 Å². The maximum atomic E-state index is 4.47. The van der Waals surface area contributed by atoms with Crippen LogP contribution in [0.4, 0.5) is 0 Å². The molecule has 1 atom stereocenters. The molecule has 0 spiro atoms. The van der Waals surface area contributed by atoms with Gasteiger partial charge in [0.05, 0.1) is 5.69 Å². The van der Waals surface area contributed by atoms with E-state index in [1.54, 1.807) is 6.20 Å². The Bertz CT molecular complexity index is 360. The van der Waals surface area contributed by atoms with Gasteiger partial charge in [-0.15, -0.1) is 0 Å². The Kier molecular flexibility index (Phi) is 6.64. The fraction of sp³-hybridized carbons (Fsp3) is 0.571. The summed E-state index contributed by atoms with van der Waals surface area (Å²) < 4.78 is 0. The summed E-state index contributed by atoms with van der Waals surface area (Å²) in [4.78, 5) is 8.70. The molecule has 0 fully saturated rings. The number of aromatic nitrogens is 1. The zero-order valence-corrected chi connectivity index (χ0v) is 13.7. The van der Waals surface area contributed by atoms with Crippen LogP contribution in [-0.2, 0) is 0 Å². The van der Waals surface area contributed by atoms with E-state index in [4.69, 9.17) is 0 Å². The van der Waals surface area contributed by atoms with E-state index in [9.17, 15) is 0 Å². The molecule has 1 heterocycles. The lowest BCUT2D eigenvalue weighted by Crippen LogP contribution is -2.20. The maximum absolute atomic E-state index is 4.47. The molecule has 1 rings (SSSR count). The minimum absolute atomic E-state index is 0.762. The van der Waals surface area contributed by atoms with Crippen LogP contribution in [0.5, 0.6) is 0 Å². The molecule has 1 aromatic rings. The highest BCUT2D eigenvalue weighted by molar-refractivity contribution is 8.29. The molecule has 100 valence electrons. The van der Waals surface area contributed by atoms with E-state index < -0.39 is 7.22 Å². The monoisotopic (exact) mass is 280 g/mol. The van der Waals surface area contributed by atoms with Crippen molar-refractivity contribution in [3.05, 3.63) is 30.1 Å². The highest BCUT2D eigenvalue weighted by Crippen LogP contribution is 2.28. The zero-order chi connectivity index (χ0) is 13.4. The molecule has 0 radical (unpaired) electrons. The molecule has 18 heavy (non-hydrogen) atoms. The number of nitrogens with zero attached hydrogens (tertiary/aromatic N) is 2. The molecule has 0 saturated heterocycles. The summed E-state index contributed by atoms with van der Waals surface area (Å²) in [6.07, 6.45) is 6.10. The molecule has 0 aromatic carbocycles. The van der Waals surface area contributed by atoms with Crippen molar-refractivity contribution in [2.45, 2.75) is 44.7 Å². The molecule has 2 nitrogen and oxygen atoms in total. The average Bonchev–Trinajstić information content (AvgIpc) is 2.33. The number of pyridine rings is 1. The number of aliphatic imine (C=N–C) groups is 1. The Labute approximate surface area is 116 Å². The fourth-order valence-electron chi connectivity index (χ4n) is 1.68. The Morgan fingerprint density at radius 2 is 2.17 bits per heavy atom. The lowest BCUT2D eigenvalue weighted by Gasteiger charge is -2.22. The van der Waals surface area contributed by atoms with Gasteiger partial charge in [0.25, 0.3) is 0 Å². The Morgan fingerprint density at radius 1 is 1.39 bits per heavy atom. The molecule has 1 unspecified atom stereocenters. The molecule has 1 aromatic heterocycles. The van der Waals surface area contributed by atoms with Gasteiger partial charge >= 0.3 is 0 Å². The lowest BCUT2D eigenvalue weighted by molar-refractivity contribution is 0.750. The quantitative estimate of drug-likeness (QED) is 0.551. The second-order valence-electron chi connectivity index (χ2n) is 5.34. The SMILES string of the molecule is CCC(CC/N=C/c1ccccn1)S[Si](C)(C)C. The number of hydrogen-bond acceptors (Lipinski definition) is 3. The predicted molar refractivity (Wildman–Crippen MR) is 86.3 cm³/mol. The summed E-state index contributed by atoms with van der Waals surface area (Å²) in [6.45, 7) is 10.4. The molecule has 4 heteroatoms. The highest BCUT2D eigenvalue weighted by Gasteiger charge is 2.19. The van der Waals surface area contributed by atoms with Gasteiger partial charge in [-0.2, -0.15) is 11.2 Å². The van der Waals surface area contributed by atoms with Crippen LogP contribution in [0, 0.1) is 0 Å². The molecular formula is C14H24N2SSi. The van der Waals surface area contributed by atoms with Crippen LogP contribution in [0.15, 0.2) is 29.4 Å². The zero-order valence-electron chi connectivity index (χ0n) is 11.9. The minimum atomic E-state index is -1.01. The summed E-state index contributed by atoms with van der Waals surface area (Å²) in [5, 5.41) is 0.762. The predicted octanol–water partition coefficient (Wildman–Crippen LogP) is 4.24. The summed E-state index contributed by atoms with van der Waals surface area (Å²) in [6, 6.07) is 5.90. The topological polar surface area (TPSA) is 25.2 Å². The van der Waals surface area contributed by atoms with E-state index in [2.05, 4.69) is 47.8 Å². The van der Waals surface area contributed by atoms with Gasteiger partial charge in [0.1, 0.15) is 7.22 Å². The number of hydrogen-bond donors (Lipinski definition) is 0. The third-order valence-electron chi connectivity index (χ3n) is 2.47. The van der Waals surface area contributed by atoms with Crippen molar-refractivity contribution in [1.29, 1.82) is 0 Å². The average molecular weight is 281 g/mol. The van der Waals surface area contributed by atoms with E-state index in [0.717, 1.165) is 17.5 Å². The Morgan fingerprint density at radius 3 is 2.72 bits per heavy atom. The Hall–Kier alpha value is -0.613. The van der Waals surface area contributed by atoms with Crippen molar-refractivity contribution in [1.82, 2.24) is 4.98 Å². The van der Waals surface area contributed by atoms with Crippen molar-refractivity contribution < 1.29 is 0 Å². The first kappa shape index (κ1) is 15.4. The normalized spacial score (nSPS) is 14.0. The van der Waals surface area contributed by atoms with Gasteiger partial charge < -0.3 is 0 Å². The summed E-state index contributed by atoms with van der Waals surface area (Å²) in [7, 11) is -1.01. The van der Waals surface area contributed by atoms with Crippen molar-refractivity contribution >= 4 is 24.6 Å². The van der Waals surface area contributed by atoms with E-state index in [1.165, 1.54) is 12.8 Å². The molecule has 0 N–H and O–H groups in total. The largest absolute Gasteiger partial charge is 0.291 e. The second kappa shape index (κ2) is 7.74. The standard InChI is InChI=1S/C14H24N2SSi/c1-5-14(17-18(2,3)4)9-11-15-12-13-8-6-7-10-16-13/h6-8,10,12,14H,5,9,11H2,1-4H3/b15-12+. The van der Waals surface area contributed by atoms with E-state index in [1.807, 2.05) is 24.4 Å². The van der Waals surface area contributed by atoms with Gasteiger partial charge in [-0.3, -0.25) is 9.98 Å². The van der Waals surface area contributed by atoms with Gasteiger partial charge in [-0.25, -0.2) is 0 Å². The summed E-state index contributed by atoms with van der Waals surface area (Å²) >= 11 is 2.20. The minimum Gasteiger partial charge on any atom is -0.291 e. The highest BCUT2D eigenvalue weighted by atomic mass is 32.4. The summed E-state index contributed by atoms with van der Waals surface area (Å²) in [5.74, 6) is 0. The molecule has 0 bridgehead atoms. The van der Waals surface area contributed by atoms with Gasteiger partial charge in [0.15, 0.2) is 0 Å². The first-order valence-electron chi connectivity index (χ1n) is 6.60. The Balaban J connectivity index is 2.34. The van der Waals surface area contributed by atoms with Crippen molar-refractivity contribution in [3.63, 3.8) is 0 Å². The van der Waals surface area contributed by atoms with E-state index in [0.29, 0.717) is 0 Å². The smallest absolute Gasteiger partial charge is 0.108 e. The molecule has 0 amide bonds. The van der Waals surface area contributed by atoms with Crippen LogP contribution in [0.3, 0.4) is 0 Å². The van der Waals surface area contributed by atoms with Crippen molar-refractivity contribution in [2.75, 3.05) is 6.54 Å². The van der Waals surface area contributed by atoms with Crippen molar-refractivity contribution in [3.8, 4) is 0 Å². The van der Waals surface area contributed by atoms with Gasteiger partial charge in [0.2, 0.25) is 0 Å². The fourth-order valence-corrected chi connectivity index (χ4v) is 6.92. The van der Waals surface area contributed by atoms with Crippen LogP contribution in [-0.4, -0.2) is 30.2 Å². The van der Waals surface area contributed by atoms with Crippen LogP contribution in [0.1, 0.15) is 25.5 Å². The first-order valence-corrected chi connectivity index (χ1v) is 11.7. The molecule has 0 saturated carbocycles. The van der Waals surface area contributed by atoms with Crippen LogP contribution < -0.4 is 0 Å². The van der Waals surface area contributed by atoms with E-state index in [-0.39, 0.29) is 0 Å². The first-order chi connectivity index (χ1) is 8.51. The molecule has 0 aliphatic carbocycles. The van der Waals surface area contributed by atoms with Crippen LogP contribution >= 0.6 is 11.2 Å². The van der Waals surface area contributed by atoms with Crippen LogP contribution in [0.2, 0.25) is 19.6 Å². The lowest BCUT2D eigenvalue weighted by atomic mass is 10.2. The third-order valence-corrected chi connectivity index (χ3v) is 7.20. The number of rotatable bonds is 7.